The van der Waals surface area contributed by atoms with Crippen LogP contribution in [-0.2, 0) is 16.1 Å². The highest BCUT2D eigenvalue weighted by Crippen LogP contribution is 2.45. The summed E-state index contributed by atoms with van der Waals surface area (Å²) in [5.74, 6) is -1.94. The van der Waals surface area contributed by atoms with Gasteiger partial charge < -0.3 is 24.1 Å². The van der Waals surface area contributed by atoms with Crippen molar-refractivity contribution in [2.75, 3.05) is 0 Å². The Balaban J connectivity index is 1.62. The molecule has 5 aromatic rings. The van der Waals surface area contributed by atoms with E-state index in [1.807, 2.05) is 30.3 Å². The first-order chi connectivity index (χ1) is 22.6. The van der Waals surface area contributed by atoms with Gasteiger partial charge in [-0.25, -0.2) is 14.2 Å². The Kier molecular flexibility index (Phi) is 7.86. The van der Waals surface area contributed by atoms with Gasteiger partial charge in [-0.05, 0) is 77.4 Å². The molecule has 0 saturated heterocycles. The summed E-state index contributed by atoms with van der Waals surface area (Å²) in [7, 11) is 0. The SMILES string of the molecule is CC(C)(C)OC(=O)N1C(=O)c2c(Oc3ccccc3O)cc3c(c2C1=O)c1cc(OCc2ccccc2)ccc1n3C(=O)OC(C)(C)C. The molecule has 3 amide bonds. The second-order valence-electron chi connectivity index (χ2n) is 13.3. The third-order valence-corrected chi connectivity index (χ3v) is 7.31. The van der Waals surface area contributed by atoms with Crippen LogP contribution in [0.3, 0.4) is 0 Å². The van der Waals surface area contributed by atoms with Crippen LogP contribution in [0.1, 0.15) is 67.8 Å². The third kappa shape index (κ3) is 6.02. The Hall–Kier alpha value is -5.84. The number of phenolic OH excluding ortho intramolecular Hbond substituents is 1. The first kappa shape index (κ1) is 32.1. The van der Waals surface area contributed by atoms with E-state index in [0.29, 0.717) is 21.6 Å². The number of phenols is 1. The maximum Gasteiger partial charge on any atom is 0.424 e. The van der Waals surface area contributed by atoms with Gasteiger partial charge in [0.2, 0.25) is 0 Å². The standard InChI is InChI=1S/C37H34N2O9/c1-36(2,3)47-34(43)38-24-17-16-22(45-20-21-12-8-7-9-13-21)18-23(24)29-25(38)19-28(46-27-15-11-10-14-26(27)40)30-31(29)33(42)39(32(30)41)35(44)48-37(4,5)6/h7-19,40H,20H2,1-6H3. The molecule has 11 nitrogen and oxygen atoms in total. The molecule has 0 saturated carbocycles. The van der Waals surface area contributed by atoms with E-state index in [1.165, 1.54) is 22.8 Å². The molecule has 1 aliphatic rings. The van der Waals surface area contributed by atoms with Gasteiger partial charge in [-0.15, -0.1) is 0 Å². The first-order valence-corrected chi connectivity index (χ1v) is 15.3. The Morgan fingerprint density at radius 1 is 0.708 bits per heavy atom. The van der Waals surface area contributed by atoms with Gasteiger partial charge in [-0.3, -0.25) is 9.59 Å². The number of carbonyl (C=O) groups excluding carboxylic acids is 4. The minimum absolute atomic E-state index is 0.0217. The smallest absolute Gasteiger partial charge is 0.424 e. The molecular formula is C37H34N2O9. The number of para-hydroxylation sites is 2. The van der Waals surface area contributed by atoms with E-state index < -0.39 is 35.2 Å². The summed E-state index contributed by atoms with van der Waals surface area (Å²) in [6.45, 7) is 10.2. The topological polar surface area (TPSA) is 134 Å². The molecule has 0 radical (unpaired) electrons. The highest BCUT2D eigenvalue weighted by atomic mass is 16.6. The summed E-state index contributed by atoms with van der Waals surface area (Å²) >= 11 is 0. The van der Waals surface area contributed by atoms with Crippen LogP contribution in [0.2, 0.25) is 0 Å². The summed E-state index contributed by atoms with van der Waals surface area (Å²) < 4.78 is 24.6. The van der Waals surface area contributed by atoms with Crippen molar-refractivity contribution < 1.29 is 43.2 Å². The van der Waals surface area contributed by atoms with Crippen molar-refractivity contribution in [1.29, 1.82) is 0 Å². The zero-order valence-electron chi connectivity index (χ0n) is 27.3. The van der Waals surface area contributed by atoms with Gasteiger partial charge in [0.05, 0.1) is 22.2 Å². The lowest BCUT2D eigenvalue weighted by Gasteiger charge is -2.22. The maximum atomic E-state index is 14.2. The molecule has 0 aliphatic carbocycles. The van der Waals surface area contributed by atoms with Gasteiger partial charge in [0, 0.05) is 16.8 Å². The number of fused-ring (bicyclic) bond motifs is 5. The molecule has 4 aromatic carbocycles. The number of nitrogens with zero attached hydrogens (tertiary/aromatic N) is 2. The number of amides is 3. The van der Waals surface area contributed by atoms with Crippen LogP contribution >= 0.6 is 0 Å². The second-order valence-corrected chi connectivity index (χ2v) is 13.3. The molecule has 0 fully saturated rings. The van der Waals surface area contributed by atoms with Crippen molar-refractivity contribution in [2.24, 2.45) is 0 Å². The van der Waals surface area contributed by atoms with E-state index in [0.717, 1.165) is 5.56 Å². The Labute approximate surface area is 276 Å². The Morgan fingerprint density at radius 2 is 1.33 bits per heavy atom. The molecule has 0 unspecified atom stereocenters. The highest BCUT2D eigenvalue weighted by Gasteiger charge is 2.47. The van der Waals surface area contributed by atoms with Crippen molar-refractivity contribution in [1.82, 2.24) is 9.47 Å². The van der Waals surface area contributed by atoms with Crippen LogP contribution < -0.4 is 9.47 Å². The number of aromatic nitrogens is 1. The zero-order valence-corrected chi connectivity index (χ0v) is 27.3. The Bertz CT molecular complexity index is 2120. The van der Waals surface area contributed by atoms with Crippen LogP contribution in [0.15, 0.2) is 78.9 Å². The minimum Gasteiger partial charge on any atom is -0.504 e. The third-order valence-electron chi connectivity index (χ3n) is 7.31. The van der Waals surface area contributed by atoms with Crippen LogP contribution in [0.5, 0.6) is 23.0 Å². The van der Waals surface area contributed by atoms with Crippen LogP contribution in [0.25, 0.3) is 21.8 Å². The van der Waals surface area contributed by atoms with Crippen LogP contribution in [0, 0.1) is 0 Å². The summed E-state index contributed by atoms with van der Waals surface area (Å²) in [6, 6.07) is 22.0. The molecule has 0 spiro atoms. The molecular weight excluding hydrogens is 616 g/mol. The molecule has 1 aromatic heterocycles. The van der Waals surface area contributed by atoms with Gasteiger partial charge >= 0.3 is 12.2 Å². The highest BCUT2D eigenvalue weighted by molar-refractivity contribution is 6.35. The monoisotopic (exact) mass is 650 g/mol. The van der Waals surface area contributed by atoms with E-state index in [1.54, 1.807) is 71.9 Å². The van der Waals surface area contributed by atoms with Crippen molar-refractivity contribution in [3.8, 4) is 23.0 Å². The lowest BCUT2D eigenvalue weighted by molar-refractivity contribution is 0.0254. The number of hydrogen-bond donors (Lipinski definition) is 1. The van der Waals surface area contributed by atoms with E-state index in [-0.39, 0.29) is 45.9 Å². The molecule has 1 aliphatic heterocycles. The molecule has 1 N–H and O–H groups in total. The predicted octanol–water partition coefficient (Wildman–Crippen LogP) is 8.19. The quantitative estimate of drug-likeness (QED) is 0.187. The number of hydrogen-bond acceptors (Lipinski definition) is 9. The van der Waals surface area contributed by atoms with Crippen molar-refractivity contribution in [3.05, 3.63) is 95.6 Å². The Morgan fingerprint density at radius 3 is 2.00 bits per heavy atom. The minimum atomic E-state index is -1.17. The zero-order chi connectivity index (χ0) is 34.5. The van der Waals surface area contributed by atoms with Crippen molar-refractivity contribution in [3.63, 3.8) is 0 Å². The number of benzene rings is 4. The fourth-order valence-electron chi connectivity index (χ4n) is 5.43. The largest absolute Gasteiger partial charge is 0.504 e. The fraction of sp³-hybridized carbons (Fsp3) is 0.243. The number of ether oxygens (including phenoxy) is 4. The molecule has 6 rings (SSSR count). The lowest BCUT2D eigenvalue weighted by atomic mass is 10.0. The lowest BCUT2D eigenvalue weighted by Crippen LogP contribution is -2.40. The summed E-state index contributed by atoms with van der Waals surface area (Å²) in [5.41, 5.74) is -0.880. The van der Waals surface area contributed by atoms with E-state index in [4.69, 9.17) is 18.9 Å². The van der Waals surface area contributed by atoms with Gasteiger partial charge in [-0.2, -0.15) is 4.90 Å². The fourth-order valence-corrected chi connectivity index (χ4v) is 5.43. The van der Waals surface area contributed by atoms with Crippen molar-refractivity contribution in [2.45, 2.75) is 59.4 Å². The van der Waals surface area contributed by atoms with Crippen molar-refractivity contribution >= 4 is 45.8 Å². The van der Waals surface area contributed by atoms with Gasteiger partial charge in [0.25, 0.3) is 11.8 Å². The average Bonchev–Trinajstić information content (AvgIpc) is 3.46. The summed E-state index contributed by atoms with van der Waals surface area (Å²) in [6.07, 6.45) is -1.92. The molecule has 0 atom stereocenters. The van der Waals surface area contributed by atoms with Gasteiger partial charge in [0.1, 0.15) is 29.3 Å². The van der Waals surface area contributed by atoms with E-state index in [9.17, 15) is 24.3 Å². The predicted molar refractivity (Wildman–Crippen MR) is 177 cm³/mol. The number of rotatable bonds is 5. The summed E-state index contributed by atoms with van der Waals surface area (Å²) in [5, 5.41) is 11.1. The second kappa shape index (κ2) is 11.8. The van der Waals surface area contributed by atoms with E-state index >= 15 is 0 Å². The normalized spacial score (nSPS) is 13.2. The molecule has 0 bridgehead atoms. The van der Waals surface area contributed by atoms with Gasteiger partial charge in [0.15, 0.2) is 11.5 Å². The molecule has 2 heterocycles. The first-order valence-electron chi connectivity index (χ1n) is 15.3. The maximum absolute atomic E-state index is 14.2. The molecule has 246 valence electrons. The van der Waals surface area contributed by atoms with Crippen LogP contribution in [0.4, 0.5) is 9.59 Å². The summed E-state index contributed by atoms with van der Waals surface area (Å²) in [4.78, 5) is 55.8. The van der Waals surface area contributed by atoms with Crippen LogP contribution in [-0.4, -0.2) is 49.8 Å². The number of carbonyl (C=O) groups is 4. The number of imide groups is 3. The average molecular weight is 651 g/mol. The molecule has 11 heteroatoms. The van der Waals surface area contributed by atoms with Gasteiger partial charge in [-0.1, -0.05) is 42.5 Å². The number of aromatic hydroxyl groups is 1. The molecule has 48 heavy (non-hydrogen) atoms. The van der Waals surface area contributed by atoms with E-state index in [2.05, 4.69) is 0 Å².